The van der Waals surface area contributed by atoms with Crippen molar-refractivity contribution in [2.45, 2.75) is 51.0 Å². The molecule has 5 heteroatoms. The predicted molar refractivity (Wildman–Crippen MR) is 87.5 cm³/mol. The lowest BCUT2D eigenvalue weighted by atomic mass is 9.55. The van der Waals surface area contributed by atoms with Crippen LogP contribution >= 0.6 is 23.2 Å². The molecule has 1 unspecified atom stereocenters. The molecule has 0 aromatic heterocycles. The SMILES string of the molecule is O=C1OC(c2ccc(Cl)cc2Cl)C2(CCCC2)C(=O)C12CCC2. The van der Waals surface area contributed by atoms with Gasteiger partial charge in [-0.15, -0.1) is 0 Å². The number of Topliss-reactive ketones (excluding diaryl/α,β-unsaturated/α-hetero) is 1. The van der Waals surface area contributed by atoms with Crippen molar-refractivity contribution in [3.8, 4) is 0 Å². The van der Waals surface area contributed by atoms with Gasteiger partial charge in [-0.3, -0.25) is 9.59 Å². The summed E-state index contributed by atoms with van der Waals surface area (Å²) in [7, 11) is 0. The van der Waals surface area contributed by atoms with Crippen LogP contribution in [0.15, 0.2) is 18.2 Å². The fourth-order valence-electron chi connectivity index (χ4n) is 4.55. The summed E-state index contributed by atoms with van der Waals surface area (Å²) in [5.41, 5.74) is -0.778. The van der Waals surface area contributed by atoms with Gasteiger partial charge < -0.3 is 4.74 Å². The van der Waals surface area contributed by atoms with Gasteiger partial charge in [0, 0.05) is 15.6 Å². The van der Waals surface area contributed by atoms with Gasteiger partial charge in [0.25, 0.3) is 0 Å². The van der Waals surface area contributed by atoms with Crippen molar-refractivity contribution >= 4 is 35.0 Å². The van der Waals surface area contributed by atoms with Gasteiger partial charge in [0.05, 0.1) is 5.41 Å². The molecule has 2 aliphatic carbocycles. The van der Waals surface area contributed by atoms with E-state index in [1.54, 1.807) is 18.2 Å². The Morgan fingerprint density at radius 2 is 1.70 bits per heavy atom. The van der Waals surface area contributed by atoms with E-state index in [-0.39, 0.29) is 11.8 Å². The summed E-state index contributed by atoms with van der Waals surface area (Å²) in [6.45, 7) is 0. The Hall–Kier alpha value is -1.06. The minimum Gasteiger partial charge on any atom is -0.456 e. The number of hydrogen-bond acceptors (Lipinski definition) is 3. The topological polar surface area (TPSA) is 43.4 Å². The van der Waals surface area contributed by atoms with Crippen LogP contribution in [0, 0.1) is 10.8 Å². The first kappa shape index (κ1) is 15.5. The van der Waals surface area contributed by atoms with Gasteiger partial charge in [-0.1, -0.05) is 48.5 Å². The number of halogens is 2. The van der Waals surface area contributed by atoms with E-state index in [2.05, 4.69) is 0 Å². The predicted octanol–water partition coefficient (Wildman–Crippen LogP) is 4.89. The molecule has 2 spiro atoms. The Kier molecular flexibility index (Phi) is 3.51. The van der Waals surface area contributed by atoms with Crippen molar-refractivity contribution in [1.82, 2.24) is 0 Å². The number of hydrogen-bond donors (Lipinski definition) is 0. The van der Waals surface area contributed by atoms with E-state index in [1.165, 1.54) is 0 Å². The highest BCUT2D eigenvalue weighted by atomic mass is 35.5. The van der Waals surface area contributed by atoms with Crippen LogP contribution in [0.3, 0.4) is 0 Å². The third kappa shape index (κ3) is 2.02. The van der Waals surface area contributed by atoms with Crippen LogP contribution in [0.4, 0.5) is 0 Å². The summed E-state index contributed by atoms with van der Waals surface area (Å²) in [4.78, 5) is 26.0. The Morgan fingerprint density at radius 1 is 1.00 bits per heavy atom. The number of esters is 1. The molecule has 2 saturated carbocycles. The summed E-state index contributed by atoms with van der Waals surface area (Å²) in [5.74, 6) is -0.261. The molecule has 4 rings (SSSR count). The first-order valence-electron chi connectivity index (χ1n) is 8.21. The lowest BCUT2D eigenvalue weighted by molar-refractivity contribution is -0.198. The van der Waals surface area contributed by atoms with Crippen molar-refractivity contribution in [3.05, 3.63) is 33.8 Å². The number of rotatable bonds is 1. The fourth-order valence-corrected chi connectivity index (χ4v) is 5.06. The molecule has 1 aliphatic heterocycles. The molecule has 0 amide bonds. The Bertz CT molecular complexity index is 688. The summed E-state index contributed by atoms with van der Waals surface area (Å²) in [5, 5.41) is 0.988. The largest absolute Gasteiger partial charge is 0.456 e. The number of ketones is 1. The molecule has 0 radical (unpaired) electrons. The van der Waals surface area contributed by atoms with E-state index in [0.29, 0.717) is 28.5 Å². The maximum absolute atomic E-state index is 13.4. The molecule has 1 atom stereocenters. The van der Waals surface area contributed by atoms with Crippen LogP contribution in [0.25, 0.3) is 0 Å². The third-order valence-corrected chi connectivity index (χ3v) is 6.51. The highest BCUT2D eigenvalue weighted by Gasteiger charge is 2.66. The first-order valence-corrected chi connectivity index (χ1v) is 8.96. The number of carbonyl (C=O) groups excluding carboxylic acids is 2. The van der Waals surface area contributed by atoms with Crippen LogP contribution in [0.2, 0.25) is 10.0 Å². The van der Waals surface area contributed by atoms with Crippen LogP contribution < -0.4 is 0 Å². The number of carbonyl (C=O) groups is 2. The minimum atomic E-state index is -0.875. The van der Waals surface area contributed by atoms with Gasteiger partial charge in [0.2, 0.25) is 0 Å². The zero-order valence-electron chi connectivity index (χ0n) is 12.7. The standard InChI is InChI=1S/C18H18Cl2O3/c19-11-4-5-12(13(20)10-11)14-17(6-1-2-7-17)15(21)18(8-3-9-18)16(22)23-14/h4-5,10,14H,1-3,6-9H2. The Morgan fingerprint density at radius 3 is 2.26 bits per heavy atom. The van der Waals surface area contributed by atoms with E-state index in [9.17, 15) is 9.59 Å². The monoisotopic (exact) mass is 352 g/mol. The van der Waals surface area contributed by atoms with Gasteiger partial charge in [0.1, 0.15) is 11.5 Å². The zero-order chi connectivity index (χ0) is 16.2. The second kappa shape index (κ2) is 5.22. The summed E-state index contributed by atoms with van der Waals surface area (Å²) in [6.07, 6.45) is 5.11. The van der Waals surface area contributed by atoms with E-state index >= 15 is 0 Å². The number of benzene rings is 1. The summed E-state index contributed by atoms with van der Waals surface area (Å²) in [6, 6.07) is 5.17. The van der Waals surface area contributed by atoms with Gasteiger partial charge in [0.15, 0.2) is 5.78 Å². The van der Waals surface area contributed by atoms with Gasteiger partial charge in [-0.25, -0.2) is 0 Å². The van der Waals surface area contributed by atoms with Gasteiger partial charge >= 0.3 is 5.97 Å². The maximum Gasteiger partial charge on any atom is 0.320 e. The molecule has 1 aromatic rings. The normalized spacial score (nSPS) is 28.0. The lowest BCUT2D eigenvalue weighted by Crippen LogP contribution is -2.59. The van der Waals surface area contributed by atoms with Gasteiger partial charge in [-0.05, 0) is 37.8 Å². The third-order valence-electron chi connectivity index (χ3n) is 5.95. The maximum atomic E-state index is 13.4. The van der Waals surface area contributed by atoms with E-state index in [0.717, 1.165) is 32.1 Å². The second-order valence-corrected chi connectivity index (χ2v) is 7.92. The number of ether oxygens (including phenoxy) is 1. The van der Waals surface area contributed by atoms with Crippen LogP contribution in [0.5, 0.6) is 0 Å². The quantitative estimate of drug-likeness (QED) is 0.533. The van der Waals surface area contributed by atoms with Crippen molar-refractivity contribution in [2.75, 3.05) is 0 Å². The average molecular weight is 353 g/mol. The highest BCUT2D eigenvalue weighted by Crippen LogP contribution is 2.61. The minimum absolute atomic E-state index is 0.0982. The number of cyclic esters (lactones) is 1. The van der Waals surface area contributed by atoms with E-state index < -0.39 is 16.9 Å². The van der Waals surface area contributed by atoms with E-state index in [1.807, 2.05) is 0 Å². The lowest BCUT2D eigenvalue weighted by Gasteiger charge is -2.51. The Labute approximate surface area is 145 Å². The van der Waals surface area contributed by atoms with Crippen molar-refractivity contribution < 1.29 is 14.3 Å². The van der Waals surface area contributed by atoms with Crippen molar-refractivity contribution in [1.29, 1.82) is 0 Å². The Balaban J connectivity index is 1.82. The van der Waals surface area contributed by atoms with Crippen LogP contribution in [-0.4, -0.2) is 11.8 Å². The molecular weight excluding hydrogens is 335 g/mol. The molecule has 122 valence electrons. The van der Waals surface area contributed by atoms with E-state index in [4.69, 9.17) is 27.9 Å². The molecule has 3 fully saturated rings. The molecule has 0 N–H and O–H groups in total. The first-order chi connectivity index (χ1) is 11.0. The molecule has 23 heavy (non-hydrogen) atoms. The fraction of sp³-hybridized carbons (Fsp3) is 0.556. The van der Waals surface area contributed by atoms with Gasteiger partial charge in [-0.2, -0.15) is 0 Å². The smallest absolute Gasteiger partial charge is 0.320 e. The molecule has 1 heterocycles. The summed E-state index contributed by atoms with van der Waals surface area (Å²) < 4.78 is 5.87. The molecule has 1 aromatic carbocycles. The molecule has 3 nitrogen and oxygen atoms in total. The van der Waals surface area contributed by atoms with Crippen LogP contribution in [-0.2, 0) is 14.3 Å². The highest BCUT2D eigenvalue weighted by molar-refractivity contribution is 6.35. The molecular formula is C18H18Cl2O3. The molecule has 0 bridgehead atoms. The van der Waals surface area contributed by atoms with Crippen molar-refractivity contribution in [2.24, 2.45) is 10.8 Å². The molecule has 3 aliphatic rings. The average Bonchev–Trinajstić information content (AvgIpc) is 2.93. The second-order valence-electron chi connectivity index (χ2n) is 7.08. The molecule has 1 saturated heterocycles. The summed E-state index contributed by atoms with van der Waals surface area (Å²) >= 11 is 12.3. The zero-order valence-corrected chi connectivity index (χ0v) is 14.3. The van der Waals surface area contributed by atoms with Crippen molar-refractivity contribution in [3.63, 3.8) is 0 Å². The van der Waals surface area contributed by atoms with Crippen LogP contribution in [0.1, 0.15) is 56.6 Å².